The van der Waals surface area contributed by atoms with Crippen LogP contribution in [0, 0.1) is 11.6 Å². The van der Waals surface area contributed by atoms with E-state index >= 15 is 0 Å². The molecule has 5 rings (SSSR count). The minimum Gasteiger partial charge on any atom is -0.493 e. The Kier molecular flexibility index (Phi) is 6.17. The van der Waals surface area contributed by atoms with Gasteiger partial charge in [-0.1, -0.05) is 0 Å². The normalized spacial score (nSPS) is 18.3. The van der Waals surface area contributed by atoms with Crippen molar-refractivity contribution in [2.24, 2.45) is 0 Å². The quantitative estimate of drug-likeness (QED) is 0.484. The van der Waals surface area contributed by atoms with Crippen LogP contribution >= 0.6 is 0 Å². The second kappa shape index (κ2) is 9.28. The van der Waals surface area contributed by atoms with E-state index in [0.29, 0.717) is 53.5 Å². The third-order valence-corrected chi connectivity index (χ3v) is 5.92. The van der Waals surface area contributed by atoms with Crippen LogP contribution in [-0.2, 0) is 16.1 Å². The largest absolute Gasteiger partial charge is 0.493 e. The molecule has 2 heterocycles. The molecule has 0 spiro atoms. The van der Waals surface area contributed by atoms with Crippen LogP contribution < -0.4 is 14.8 Å². The minimum atomic E-state index is -0.715. The Bertz CT molecular complexity index is 1280. The zero-order valence-electron chi connectivity index (χ0n) is 19.4. The highest BCUT2D eigenvalue weighted by molar-refractivity contribution is 6.12. The molecule has 8 heteroatoms. The number of hydrogen-bond acceptors (Lipinski definition) is 6. The summed E-state index contributed by atoms with van der Waals surface area (Å²) in [4.78, 5) is 13.2. The average molecular weight is 481 g/mol. The van der Waals surface area contributed by atoms with Crippen molar-refractivity contribution in [3.63, 3.8) is 0 Å². The van der Waals surface area contributed by atoms with Gasteiger partial charge in [-0.2, -0.15) is 0 Å². The molecule has 3 aromatic carbocycles. The van der Waals surface area contributed by atoms with E-state index in [1.54, 1.807) is 30.3 Å². The number of anilines is 2. The molecular weight excluding hydrogens is 456 g/mol. The van der Waals surface area contributed by atoms with Gasteiger partial charge in [0, 0.05) is 35.4 Å². The summed E-state index contributed by atoms with van der Waals surface area (Å²) in [5, 5.41) is 2.89. The SMILES string of the molecule is CC1(C)OC[C@@H](CCOc2ccc3c(c2)COc2cc(Nc4ccc(F)cc4F)ccc2C3=O)O1. The Morgan fingerprint density at radius 3 is 2.66 bits per heavy atom. The number of nitrogens with one attached hydrogen (secondary N) is 1. The smallest absolute Gasteiger partial charge is 0.197 e. The van der Waals surface area contributed by atoms with Crippen LogP contribution in [0.5, 0.6) is 11.5 Å². The molecule has 0 aliphatic carbocycles. The fourth-order valence-electron chi connectivity index (χ4n) is 4.17. The van der Waals surface area contributed by atoms with E-state index in [2.05, 4.69) is 5.32 Å². The standard InChI is InChI=1S/C27H25F2NO5/c1-27(2)34-15-20(35-27)9-10-32-19-5-7-21-16(11-19)14-33-25-13-18(4-6-22(25)26(21)31)30-24-8-3-17(28)12-23(24)29/h3-8,11-13,20,30H,9-10,14-15H2,1-2H3/t20-/m1/s1. The van der Waals surface area contributed by atoms with Crippen molar-refractivity contribution < 1.29 is 32.5 Å². The van der Waals surface area contributed by atoms with Gasteiger partial charge < -0.3 is 24.3 Å². The first kappa shape index (κ1) is 23.3. The summed E-state index contributed by atoms with van der Waals surface area (Å²) in [6.07, 6.45) is 0.669. The number of halogens is 2. The Hall–Kier alpha value is -3.49. The number of benzene rings is 3. The minimum absolute atomic E-state index is 0.0172. The molecule has 2 aliphatic heterocycles. The summed E-state index contributed by atoms with van der Waals surface area (Å²) >= 11 is 0. The lowest BCUT2D eigenvalue weighted by atomic mass is 9.98. The molecule has 0 unspecified atom stereocenters. The molecule has 35 heavy (non-hydrogen) atoms. The number of hydrogen-bond donors (Lipinski definition) is 1. The Morgan fingerprint density at radius 2 is 1.89 bits per heavy atom. The molecule has 1 fully saturated rings. The van der Waals surface area contributed by atoms with Crippen LogP contribution in [0.1, 0.15) is 41.8 Å². The molecule has 0 radical (unpaired) electrons. The predicted molar refractivity (Wildman–Crippen MR) is 125 cm³/mol. The van der Waals surface area contributed by atoms with Gasteiger partial charge in [0.25, 0.3) is 0 Å². The van der Waals surface area contributed by atoms with Crippen molar-refractivity contribution in [1.82, 2.24) is 0 Å². The van der Waals surface area contributed by atoms with Crippen molar-refractivity contribution in [2.45, 2.75) is 38.8 Å². The summed E-state index contributed by atoms with van der Waals surface area (Å²) < 4.78 is 50.4. The van der Waals surface area contributed by atoms with Gasteiger partial charge in [0.1, 0.15) is 29.7 Å². The van der Waals surface area contributed by atoms with Gasteiger partial charge in [-0.15, -0.1) is 0 Å². The lowest BCUT2D eigenvalue weighted by Crippen LogP contribution is -2.22. The van der Waals surface area contributed by atoms with Crippen LogP contribution in [0.2, 0.25) is 0 Å². The first-order chi connectivity index (χ1) is 16.8. The number of carbonyl (C=O) groups excluding carboxylic acids is 1. The van der Waals surface area contributed by atoms with E-state index in [1.165, 1.54) is 12.1 Å². The average Bonchev–Trinajstić information content (AvgIpc) is 3.10. The van der Waals surface area contributed by atoms with E-state index in [-0.39, 0.29) is 24.2 Å². The number of fused-ring (bicyclic) bond motifs is 2. The van der Waals surface area contributed by atoms with E-state index in [9.17, 15) is 13.6 Å². The number of carbonyl (C=O) groups is 1. The van der Waals surface area contributed by atoms with Crippen LogP contribution in [-0.4, -0.2) is 30.9 Å². The van der Waals surface area contributed by atoms with Crippen molar-refractivity contribution in [1.29, 1.82) is 0 Å². The highest BCUT2D eigenvalue weighted by Gasteiger charge is 2.32. The Balaban J connectivity index is 1.27. The molecule has 3 aromatic rings. The van der Waals surface area contributed by atoms with Crippen LogP contribution in [0.15, 0.2) is 54.6 Å². The van der Waals surface area contributed by atoms with Crippen LogP contribution in [0.3, 0.4) is 0 Å². The lowest BCUT2D eigenvalue weighted by Gasteiger charge is -2.17. The van der Waals surface area contributed by atoms with E-state index in [0.717, 1.165) is 6.07 Å². The lowest BCUT2D eigenvalue weighted by molar-refractivity contribution is -0.139. The summed E-state index contributed by atoms with van der Waals surface area (Å²) in [6.45, 7) is 4.93. The molecule has 0 bridgehead atoms. The van der Waals surface area contributed by atoms with Gasteiger partial charge in [0.2, 0.25) is 0 Å². The zero-order valence-corrected chi connectivity index (χ0v) is 19.4. The van der Waals surface area contributed by atoms with Gasteiger partial charge in [0.15, 0.2) is 11.6 Å². The molecule has 0 saturated carbocycles. The molecule has 1 saturated heterocycles. The molecule has 1 atom stereocenters. The van der Waals surface area contributed by atoms with Gasteiger partial charge in [-0.05, 0) is 56.3 Å². The maximum absolute atomic E-state index is 14.0. The van der Waals surface area contributed by atoms with Gasteiger partial charge in [-0.3, -0.25) is 4.79 Å². The van der Waals surface area contributed by atoms with E-state index in [4.69, 9.17) is 18.9 Å². The molecule has 6 nitrogen and oxygen atoms in total. The number of ether oxygens (including phenoxy) is 4. The summed E-state index contributed by atoms with van der Waals surface area (Å²) in [6, 6.07) is 13.5. The highest BCUT2D eigenvalue weighted by Crippen LogP contribution is 2.34. The molecule has 182 valence electrons. The van der Waals surface area contributed by atoms with Crippen LogP contribution in [0.25, 0.3) is 0 Å². The summed E-state index contributed by atoms with van der Waals surface area (Å²) in [5.74, 6) is -1.09. The second-order valence-corrected chi connectivity index (χ2v) is 8.98. The van der Waals surface area contributed by atoms with Crippen LogP contribution in [0.4, 0.5) is 20.2 Å². The first-order valence-electron chi connectivity index (χ1n) is 11.4. The highest BCUT2D eigenvalue weighted by atomic mass is 19.1. The van der Waals surface area contributed by atoms with Crippen molar-refractivity contribution in [2.75, 3.05) is 18.5 Å². The van der Waals surface area contributed by atoms with Crippen molar-refractivity contribution in [3.05, 3.63) is 82.9 Å². The van der Waals surface area contributed by atoms with Crippen molar-refractivity contribution >= 4 is 17.2 Å². The topological polar surface area (TPSA) is 66.0 Å². The van der Waals surface area contributed by atoms with E-state index in [1.807, 2.05) is 19.9 Å². The molecule has 0 aromatic heterocycles. The molecule has 0 amide bonds. The third kappa shape index (κ3) is 5.13. The van der Waals surface area contributed by atoms with Gasteiger partial charge >= 0.3 is 0 Å². The molecule has 1 N–H and O–H groups in total. The van der Waals surface area contributed by atoms with Crippen molar-refractivity contribution in [3.8, 4) is 11.5 Å². The predicted octanol–water partition coefficient (Wildman–Crippen LogP) is 5.75. The Morgan fingerprint density at radius 1 is 1.06 bits per heavy atom. The maximum atomic E-state index is 14.0. The fourth-order valence-corrected chi connectivity index (χ4v) is 4.17. The molecule has 2 aliphatic rings. The monoisotopic (exact) mass is 481 g/mol. The van der Waals surface area contributed by atoms with Gasteiger partial charge in [-0.25, -0.2) is 8.78 Å². The van der Waals surface area contributed by atoms with E-state index < -0.39 is 17.4 Å². The fraction of sp³-hybridized carbons (Fsp3) is 0.296. The third-order valence-electron chi connectivity index (χ3n) is 5.92. The summed E-state index contributed by atoms with van der Waals surface area (Å²) in [5.41, 5.74) is 2.29. The second-order valence-electron chi connectivity index (χ2n) is 8.98. The summed E-state index contributed by atoms with van der Waals surface area (Å²) in [7, 11) is 0. The number of rotatable bonds is 6. The first-order valence-corrected chi connectivity index (χ1v) is 11.4. The Labute approximate surface area is 201 Å². The molecular formula is C27H25F2NO5. The van der Waals surface area contributed by atoms with Gasteiger partial charge in [0.05, 0.1) is 30.6 Å². The zero-order chi connectivity index (χ0) is 24.6. The number of ketones is 1. The maximum Gasteiger partial charge on any atom is 0.197 e.